The molecule has 0 fully saturated rings. The van der Waals surface area contributed by atoms with Crippen LogP contribution in [0.15, 0.2) is 42.5 Å². The molecule has 2 aromatic rings. The molecule has 0 bridgehead atoms. The Morgan fingerprint density at radius 3 is 2.45 bits per heavy atom. The fraction of sp³-hybridized carbons (Fsp3) is 0.333. The summed E-state index contributed by atoms with van der Waals surface area (Å²) < 4.78 is 5.16. The van der Waals surface area contributed by atoms with E-state index in [0.29, 0.717) is 18.0 Å². The number of carbonyl (C=O) groups excluding carboxylic acids is 2. The molecule has 1 atom stereocenters. The first-order chi connectivity index (χ1) is 13.8. The SMILES string of the molecule is COc1ccc(CN(C)C(=O)C(CCSC)NC(=O)c2ccc(Cl)cc2Cl)cc1. The van der Waals surface area contributed by atoms with Crippen LogP contribution in [0.4, 0.5) is 0 Å². The number of amides is 2. The van der Waals surface area contributed by atoms with Gasteiger partial charge in [0.25, 0.3) is 5.91 Å². The Labute approximate surface area is 185 Å². The predicted octanol–water partition coefficient (Wildman–Crippen LogP) is 4.51. The molecule has 0 heterocycles. The van der Waals surface area contributed by atoms with Crippen molar-refractivity contribution in [2.45, 2.75) is 19.0 Å². The van der Waals surface area contributed by atoms with Gasteiger partial charge in [0.15, 0.2) is 0 Å². The van der Waals surface area contributed by atoms with Crippen LogP contribution in [0.3, 0.4) is 0 Å². The summed E-state index contributed by atoms with van der Waals surface area (Å²) in [4.78, 5) is 27.3. The highest BCUT2D eigenvalue weighted by Crippen LogP contribution is 2.21. The Bertz CT molecular complexity index is 846. The lowest BCUT2D eigenvalue weighted by molar-refractivity contribution is -0.132. The van der Waals surface area contributed by atoms with E-state index in [1.54, 1.807) is 43.0 Å². The largest absolute Gasteiger partial charge is 0.497 e. The van der Waals surface area contributed by atoms with Crippen molar-refractivity contribution < 1.29 is 14.3 Å². The van der Waals surface area contributed by atoms with Crippen molar-refractivity contribution in [3.05, 3.63) is 63.6 Å². The number of thioether (sulfide) groups is 1. The number of methoxy groups -OCH3 is 1. The van der Waals surface area contributed by atoms with Gasteiger partial charge in [0, 0.05) is 18.6 Å². The van der Waals surface area contributed by atoms with E-state index in [0.717, 1.165) is 17.1 Å². The van der Waals surface area contributed by atoms with Crippen LogP contribution in [0, 0.1) is 0 Å². The Kier molecular flexibility index (Phi) is 9.14. The predicted molar refractivity (Wildman–Crippen MR) is 120 cm³/mol. The number of rotatable bonds is 9. The number of ether oxygens (including phenoxy) is 1. The highest BCUT2D eigenvalue weighted by molar-refractivity contribution is 7.98. The van der Waals surface area contributed by atoms with Crippen LogP contribution < -0.4 is 10.1 Å². The average molecular weight is 455 g/mol. The fourth-order valence-electron chi connectivity index (χ4n) is 2.75. The van der Waals surface area contributed by atoms with Gasteiger partial charge in [-0.2, -0.15) is 11.8 Å². The zero-order chi connectivity index (χ0) is 21.4. The normalized spacial score (nSPS) is 11.6. The number of nitrogens with one attached hydrogen (secondary N) is 1. The summed E-state index contributed by atoms with van der Waals surface area (Å²) >= 11 is 13.6. The van der Waals surface area contributed by atoms with Crippen LogP contribution in [0.5, 0.6) is 5.75 Å². The van der Waals surface area contributed by atoms with Crippen LogP contribution in [-0.2, 0) is 11.3 Å². The van der Waals surface area contributed by atoms with Gasteiger partial charge in [-0.3, -0.25) is 9.59 Å². The second kappa shape index (κ2) is 11.3. The topological polar surface area (TPSA) is 58.6 Å². The third-order valence-electron chi connectivity index (χ3n) is 4.34. The lowest BCUT2D eigenvalue weighted by Crippen LogP contribution is -2.47. The number of hydrogen-bond acceptors (Lipinski definition) is 4. The molecule has 2 amide bonds. The number of nitrogens with zero attached hydrogens (tertiary/aromatic N) is 1. The molecule has 0 radical (unpaired) electrons. The van der Waals surface area contributed by atoms with Crippen LogP contribution in [0.25, 0.3) is 0 Å². The third-order valence-corrected chi connectivity index (χ3v) is 5.54. The molecule has 2 aromatic carbocycles. The number of carbonyl (C=O) groups is 2. The molecule has 0 aromatic heterocycles. The maximum atomic E-state index is 13.0. The summed E-state index contributed by atoms with van der Waals surface area (Å²) in [5, 5.41) is 3.52. The minimum absolute atomic E-state index is 0.159. The Morgan fingerprint density at radius 1 is 1.17 bits per heavy atom. The Balaban J connectivity index is 2.10. The minimum atomic E-state index is -0.648. The number of hydrogen-bond donors (Lipinski definition) is 1. The van der Waals surface area contributed by atoms with Crippen LogP contribution >= 0.6 is 35.0 Å². The van der Waals surface area contributed by atoms with Crippen LogP contribution in [-0.4, -0.2) is 48.9 Å². The first-order valence-electron chi connectivity index (χ1n) is 8.98. The molecule has 0 saturated heterocycles. The lowest BCUT2D eigenvalue weighted by Gasteiger charge is -2.25. The molecular formula is C21H24Cl2N2O3S. The number of halogens is 2. The lowest BCUT2D eigenvalue weighted by atomic mass is 10.1. The zero-order valence-electron chi connectivity index (χ0n) is 16.6. The molecule has 0 aliphatic rings. The van der Waals surface area contributed by atoms with Gasteiger partial charge >= 0.3 is 0 Å². The zero-order valence-corrected chi connectivity index (χ0v) is 18.9. The highest BCUT2D eigenvalue weighted by atomic mass is 35.5. The molecular weight excluding hydrogens is 431 g/mol. The molecule has 2 rings (SSSR count). The third kappa shape index (κ3) is 6.84. The quantitative estimate of drug-likeness (QED) is 0.605. The molecule has 0 aliphatic heterocycles. The van der Waals surface area contributed by atoms with E-state index in [-0.39, 0.29) is 16.5 Å². The standard InChI is InChI=1S/C21H24Cl2N2O3S/c1-25(13-14-4-7-16(28-2)8-5-14)21(27)19(10-11-29-3)24-20(26)17-9-6-15(22)12-18(17)23/h4-9,12,19H,10-11,13H2,1-3H3,(H,24,26). The van der Waals surface area contributed by atoms with Crippen molar-refractivity contribution in [1.29, 1.82) is 0 Å². The summed E-state index contributed by atoms with van der Waals surface area (Å²) in [7, 11) is 3.33. The van der Waals surface area contributed by atoms with Crippen molar-refractivity contribution in [1.82, 2.24) is 10.2 Å². The van der Waals surface area contributed by atoms with Crippen molar-refractivity contribution in [2.24, 2.45) is 0 Å². The van der Waals surface area contributed by atoms with Gasteiger partial charge < -0.3 is 15.0 Å². The average Bonchev–Trinajstić information content (AvgIpc) is 2.70. The maximum absolute atomic E-state index is 13.0. The van der Waals surface area contributed by atoms with Gasteiger partial charge in [-0.25, -0.2) is 0 Å². The van der Waals surface area contributed by atoms with E-state index in [9.17, 15) is 9.59 Å². The first kappa shape index (κ1) is 23.4. The monoisotopic (exact) mass is 454 g/mol. The molecule has 1 unspecified atom stereocenters. The Hall–Kier alpha value is -1.89. The summed E-state index contributed by atoms with van der Waals surface area (Å²) in [5.41, 5.74) is 1.26. The molecule has 5 nitrogen and oxygen atoms in total. The minimum Gasteiger partial charge on any atom is -0.497 e. The van der Waals surface area contributed by atoms with Crippen LogP contribution in [0.2, 0.25) is 10.0 Å². The Morgan fingerprint density at radius 2 is 1.86 bits per heavy atom. The second-order valence-electron chi connectivity index (χ2n) is 6.47. The smallest absolute Gasteiger partial charge is 0.253 e. The molecule has 29 heavy (non-hydrogen) atoms. The summed E-state index contributed by atoms with van der Waals surface area (Å²) in [6, 6.07) is 11.5. The van der Waals surface area contributed by atoms with Gasteiger partial charge in [0.05, 0.1) is 17.7 Å². The molecule has 0 spiro atoms. The summed E-state index contributed by atoms with van der Waals surface area (Å²) in [6.45, 7) is 0.427. The molecule has 0 aliphatic carbocycles. The van der Waals surface area contributed by atoms with E-state index in [4.69, 9.17) is 27.9 Å². The van der Waals surface area contributed by atoms with Crippen molar-refractivity contribution in [2.75, 3.05) is 26.2 Å². The molecule has 8 heteroatoms. The molecule has 156 valence electrons. The summed E-state index contributed by atoms with van der Waals surface area (Å²) in [5.74, 6) is 0.937. The van der Waals surface area contributed by atoms with Crippen molar-refractivity contribution in [3.63, 3.8) is 0 Å². The van der Waals surface area contributed by atoms with E-state index in [2.05, 4.69) is 5.32 Å². The molecule has 0 saturated carbocycles. The fourth-order valence-corrected chi connectivity index (χ4v) is 3.72. The van der Waals surface area contributed by atoms with Crippen molar-refractivity contribution >= 4 is 46.8 Å². The van der Waals surface area contributed by atoms with Gasteiger partial charge in [-0.15, -0.1) is 0 Å². The molecule has 1 N–H and O–H groups in total. The second-order valence-corrected chi connectivity index (χ2v) is 8.30. The van der Waals surface area contributed by atoms with Gasteiger partial charge in [-0.1, -0.05) is 35.3 Å². The first-order valence-corrected chi connectivity index (χ1v) is 11.1. The number of likely N-dealkylation sites (N-methyl/N-ethyl adjacent to an activating group) is 1. The van der Waals surface area contributed by atoms with Crippen molar-refractivity contribution in [3.8, 4) is 5.75 Å². The van der Waals surface area contributed by atoms with E-state index < -0.39 is 11.9 Å². The summed E-state index contributed by atoms with van der Waals surface area (Å²) in [6.07, 6.45) is 2.48. The van der Waals surface area contributed by atoms with Gasteiger partial charge in [0.1, 0.15) is 11.8 Å². The van der Waals surface area contributed by atoms with E-state index in [1.807, 2.05) is 30.5 Å². The van der Waals surface area contributed by atoms with Crippen LogP contribution in [0.1, 0.15) is 22.3 Å². The highest BCUT2D eigenvalue weighted by Gasteiger charge is 2.25. The van der Waals surface area contributed by atoms with E-state index in [1.165, 1.54) is 6.07 Å². The van der Waals surface area contributed by atoms with E-state index >= 15 is 0 Å². The van der Waals surface area contributed by atoms with Gasteiger partial charge in [0.2, 0.25) is 5.91 Å². The maximum Gasteiger partial charge on any atom is 0.253 e. The number of benzene rings is 2. The van der Waals surface area contributed by atoms with Gasteiger partial charge in [-0.05, 0) is 54.3 Å².